The zero-order valence-corrected chi connectivity index (χ0v) is 12.9. The summed E-state index contributed by atoms with van der Waals surface area (Å²) < 4.78 is 7.46. The van der Waals surface area contributed by atoms with Crippen LogP contribution in [0.15, 0.2) is 40.6 Å². The Morgan fingerprint density at radius 2 is 2.38 bits per heavy atom. The number of nitrogens with zero attached hydrogens (tertiary/aromatic N) is 3. The molecule has 0 aromatic carbocycles. The minimum absolute atomic E-state index is 0.311. The summed E-state index contributed by atoms with van der Waals surface area (Å²) in [5.74, 6) is 0.692. The second-order valence-corrected chi connectivity index (χ2v) is 6.09. The molecule has 21 heavy (non-hydrogen) atoms. The van der Waals surface area contributed by atoms with Crippen LogP contribution in [-0.4, -0.2) is 20.8 Å². The summed E-state index contributed by atoms with van der Waals surface area (Å²) in [5, 5.41) is 9.75. The summed E-state index contributed by atoms with van der Waals surface area (Å²) >= 11 is 1.63. The Morgan fingerprint density at radius 1 is 1.48 bits per heavy atom. The molecule has 3 aromatic heterocycles. The lowest BCUT2D eigenvalue weighted by atomic mass is 10.3. The molecule has 0 fully saturated rings. The number of hydrogen-bond donors (Lipinski definition) is 1. The van der Waals surface area contributed by atoms with Crippen molar-refractivity contribution in [3.8, 4) is 10.8 Å². The second-order valence-electron chi connectivity index (χ2n) is 5.14. The Morgan fingerprint density at radius 3 is 3.10 bits per heavy atom. The highest BCUT2D eigenvalue weighted by molar-refractivity contribution is 7.13. The SMILES string of the molecule is Cc1cnn(C[C@@H](C)NCc2coc(-c3cccs3)n2)c1. The Bertz CT molecular complexity index is 686. The highest BCUT2D eigenvalue weighted by Crippen LogP contribution is 2.23. The van der Waals surface area contributed by atoms with Gasteiger partial charge in [0, 0.05) is 18.8 Å². The van der Waals surface area contributed by atoms with E-state index in [-0.39, 0.29) is 0 Å². The van der Waals surface area contributed by atoms with Crippen LogP contribution in [0.1, 0.15) is 18.2 Å². The van der Waals surface area contributed by atoms with Gasteiger partial charge < -0.3 is 9.73 Å². The maximum atomic E-state index is 5.50. The molecule has 0 saturated heterocycles. The third-order valence-corrected chi connectivity index (χ3v) is 4.00. The molecule has 5 nitrogen and oxygen atoms in total. The Kier molecular flexibility index (Phi) is 4.17. The predicted molar refractivity (Wildman–Crippen MR) is 83.1 cm³/mol. The summed E-state index contributed by atoms with van der Waals surface area (Å²) in [6, 6.07) is 4.32. The van der Waals surface area contributed by atoms with Gasteiger partial charge in [0.25, 0.3) is 0 Å². The van der Waals surface area contributed by atoms with Crippen LogP contribution in [0, 0.1) is 6.92 Å². The second kappa shape index (κ2) is 6.24. The summed E-state index contributed by atoms with van der Waals surface area (Å²) in [6.07, 6.45) is 5.63. The molecule has 0 radical (unpaired) electrons. The largest absolute Gasteiger partial charge is 0.444 e. The van der Waals surface area contributed by atoms with E-state index in [9.17, 15) is 0 Å². The van der Waals surface area contributed by atoms with Gasteiger partial charge in [0.05, 0.1) is 23.3 Å². The van der Waals surface area contributed by atoms with Gasteiger partial charge >= 0.3 is 0 Å². The first-order valence-electron chi connectivity index (χ1n) is 6.91. The van der Waals surface area contributed by atoms with Crippen LogP contribution in [0.4, 0.5) is 0 Å². The average molecular weight is 302 g/mol. The molecular weight excluding hydrogens is 284 g/mol. The van der Waals surface area contributed by atoms with Gasteiger partial charge in [-0.15, -0.1) is 11.3 Å². The van der Waals surface area contributed by atoms with Gasteiger partial charge in [-0.25, -0.2) is 4.98 Å². The van der Waals surface area contributed by atoms with Gasteiger partial charge in [-0.3, -0.25) is 4.68 Å². The highest BCUT2D eigenvalue weighted by Gasteiger charge is 2.09. The van der Waals surface area contributed by atoms with Gasteiger partial charge in [0.15, 0.2) is 0 Å². The Balaban J connectivity index is 1.53. The van der Waals surface area contributed by atoms with E-state index in [1.54, 1.807) is 17.6 Å². The molecule has 0 unspecified atom stereocenters. The van der Waals surface area contributed by atoms with E-state index < -0.39 is 0 Å². The van der Waals surface area contributed by atoms with Crippen LogP contribution >= 0.6 is 11.3 Å². The molecule has 3 rings (SSSR count). The lowest BCUT2D eigenvalue weighted by Gasteiger charge is -2.12. The average Bonchev–Trinajstić information content (AvgIpc) is 3.17. The molecule has 1 atom stereocenters. The standard InChI is InChI=1S/C15H18N4OS/c1-11-6-17-19(8-11)9-12(2)16-7-13-10-20-15(18-13)14-4-3-5-21-14/h3-6,8,10,12,16H,7,9H2,1-2H3/t12-/m1/s1. The van der Waals surface area contributed by atoms with Gasteiger partial charge in [-0.2, -0.15) is 5.10 Å². The normalized spacial score (nSPS) is 12.7. The number of aryl methyl sites for hydroxylation is 1. The van der Waals surface area contributed by atoms with Gasteiger partial charge in [0.2, 0.25) is 5.89 Å². The molecule has 110 valence electrons. The summed E-state index contributed by atoms with van der Waals surface area (Å²) in [6.45, 7) is 5.71. The van der Waals surface area contributed by atoms with Crippen molar-refractivity contribution >= 4 is 11.3 Å². The first kappa shape index (κ1) is 14.0. The van der Waals surface area contributed by atoms with Crippen molar-refractivity contribution in [3.63, 3.8) is 0 Å². The van der Waals surface area contributed by atoms with Crippen LogP contribution in [0.3, 0.4) is 0 Å². The molecular formula is C15H18N4OS. The Hall–Kier alpha value is -1.92. The van der Waals surface area contributed by atoms with Crippen molar-refractivity contribution < 1.29 is 4.42 Å². The lowest BCUT2D eigenvalue weighted by Crippen LogP contribution is -2.30. The first-order valence-corrected chi connectivity index (χ1v) is 7.79. The van der Waals surface area contributed by atoms with Crippen LogP contribution in [0.25, 0.3) is 10.8 Å². The van der Waals surface area contributed by atoms with Crippen LogP contribution in [0.5, 0.6) is 0 Å². The van der Waals surface area contributed by atoms with Gasteiger partial charge in [-0.05, 0) is 30.9 Å². The zero-order valence-electron chi connectivity index (χ0n) is 12.1. The van der Waals surface area contributed by atoms with Crippen molar-refractivity contribution in [2.24, 2.45) is 0 Å². The van der Waals surface area contributed by atoms with Gasteiger partial charge in [0.1, 0.15) is 6.26 Å². The van der Waals surface area contributed by atoms with E-state index in [1.165, 1.54) is 5.56 Å². The summed E-state index contributed by atoms with van der Waals surface area (Å²) in [7, 11) is 0. The fourth-order valence-corrected chi connectivity index (χ4v) is 2.75. The van der Waals surface area contributed by atoms with Crippen molar-refractivity contribution in [1.29, 1.82) is 0 Å². The third kappa shape index (κ3) is 3.59. The highest BCUT2D eigenvalue weighted by atomic mass is 32.1. The first-order chi connectivity index (χ1) is 10.2. The molecule has 6 heteroatoms. The minimum Gasteiger partial charge on any atom is -0.444 e. The Labute approximate surface area is 127 Å². The van der Waals surface area contributed by atoms with Crippen molar-refractivity contribution in [2.75, 3.05) is 0 Å². The van der Waals surface area contributed by atoms with E-state index in [0.717, 1.165) is 17.1 Å². The van der Waals surface area contributed by atoms with E-state index in [0.29, 0.717) is 18.5 Å². The monoisotopic (exact) mass is 302 g/mol. The van der Waals surface area contributed by atoms with E-state index >= 15 is 0 Å². The number of hydrogen-bond acceptors (Lipinski definition) is 5. The number of aromatic nitrogens is 3. The maximum absolute atomic E-state index is 5.50. The fourth-order valence-electron chi connectivity index (χ4n) is 2.09. The topological polar surface area (TPSA) is 55.9 Å². The fraction of sp³-hybridized carbons (Fsp3) is 0.333. The third-order valence-electron chi connectivity index (χ3n) is 3.14. The maximum Gasteiger partial charge on any atom is 0.236 e. The molecule has 1 N–H and O–H groups in total. The zero-order chi connectivity index (χ0) is 14.7. The van der Waals surface area contributed by atoms with Crippen LogP contribution in [0.2, 0.25) is 0 Å². The number of oxazole rings is 1. The van der Waals surface area contributed by atoms with Crippen LogP contribution < -0.4 is 5.32 Å². The number of rotatable bonds is 6. The molecule has 0 spiro atoms. The predicted octanol–water partition coefficient (Wildman–Crippen LogP) is 3.09. The molecule has 3 heterocycles. The summed E-state index contributed by atoms with van der Waals surface area (Å²) in [5.41, 5.74) is 2.10. The van der Waals surface area contributed by atoms with E-state index in [1.807, 2.05) is 41.5 Å². The quantitative estimate of drug-likeness (QED) is 0.760. The van der Waals surface area contributed by atoms with E-state index in [2.05, 4.69) is 22.3 Å². The minimum atomic E-state index is 0.311. The molecule has 0 amide bonds. The molecule has 0 aliphatic carbocycles. The van der Waals surface area contributed by atoms with Gasteiger partial charge in [-0.1, -0.05) is 6.07 Å². The molecule has 3 aromatic rings. The van der Waals surface area contributed by atoms with Crippen molar-refractivity contribution in [1.82, 2.24) is 20.1 Å². The van der Waals surface area contributed by atoms with Crippen LogP contribution in [-0.2, 0) is 13.1 Å². The number of thiophene rings is 1. The molecule has 0 aliphatic rings. The number of nitrogens with one attached hydrogen (secondary N) is 1. The smallest absolute Gasteiger partial charge is 0.236 e. The molecule has 0 aliphatic heterocycles. The summed E-state index contributed by atoms with van der Waals surface area (Å²) in [4.78, 5) is 5.55. The lowest BCUT2D eigenvalue weighted by molar-refractivity contribution is 0.448. The van der Waals surface area contributed by atoms with E-state index in [4.69, 9.17) is 4.42 Å². The molecule has 0 bridgehead atoms. The molecule has 0 saturated carbocycles. The van der Waals surface area contributed by atoms with Crippen molar-refractivity contribution in [3.05, 3.63) is 47.4 Å². The van der Waals surface area contributed by atoms with Crippen molar-refractivity contribution in [2.45, 2.75) is 33.0 Å².